The van der Waals surface area contributed by atoms with Gasteiger partial charge in [-0.25, -0.2) is 4.79 Å². The van der Waals surface area contributed by atoms with Gasteiger partial charge in [0.15, 0.2) is 6.61 Å². The Bertz CT molecular complexity index is 247. The van der Waals surface area contributed by atoms with Gasteiger partial charge in [-0.3, -0.25) is 0 Å². The Morgan fingerprint density at radius 1 is 1.62 bits per heavy atom. The minimum absolute atomic E-state index is 0.140. The van der Waals surface area contributed by atoms with Crippen LogP contribution in [0.1, 0.15) is 6.92 Å². The second-order valence-corrected chi connectivity index (χ2v) is 3.42. The molecule has 13 heavy (non-hydrogen) atoms. The van der Waals surface area contributed by atoms with Gasteiger partial charge in [-0.15, -0.1) is 6.42 Å². The number of ether oxygens (including phenoxy) is 2. The molecule has 0 aromatic rings. The average molecular weight is 202 g/mol. The maximum atomic E-state index is 11.1. The van der Waals surface area contributed by atoms with Crippen molar-refractivity contribution in [3.8, 4) is 12.3 Å². The van der Waals surface area contributed by atoms with Crippen molar-refractivity contribution in [2.24, 2.45) is 0 Å². The number of rotatable bonds is 4. The normalized spacial score (nSPS) is 11.5. The van der Waals surface area contributed by atoms with Gasteiger partial charge in [-0.1, -0.05) is 5.92 Å². The van der Waals surface area contributed by atoms with Crippen LogP contribution in [-0.2, 0) is 14.3 Å². The summed E-state index contributed by atoms with van der Waals surface area (Å²) >= 11 is 0. The van der Waals surface area contributed by atoms with Crippen LogP contribution in [0.25, 0.3) is 0 Å². The zero-order valence-corrected chi connectivity index (χ0v) is 8.47. The minimum atomic E-state index is -1.82. The van der Waals surface area contributed by atoms with Gasteiger partial charge in [0.05, 0.1) is 21.0 Å². The van der Waals surface area contributed by atoms with E-state index in [1.54, 1.807) is 6.92 Å². The second kappa shape index (κ2) is 6.62. The van der Waals surface area contributed by atoms with Gasteiger partial charge in [0.1, 0.15) is 0 Å². The molecule has 0 aliphatic heterocycles. The van der Waals surface area contributed by atoms with Crippen molar-refractivity contribution in [3.63, 3.8) is 0 Å². The van der Waals surface area contributed by atoms with Gasteiger partial charge in [-0.05, 0) is 6.92 Å². The van der Waals surface area contributed by atoms with Gasteiger partial charge in [0.2, 0.25) is 0 Å². The standard InChI is InChI=1S/C8H11O4P/c1-4-6-12-7(9)8(11-5-2)13(3)10/h1H,5-6H2,2-3H3. The van der Waals surface area contributed by atoms with Crippen LogP contribution in [0, 0.1) is 12.3 Å². The monoisotopic (exact) mass is 202 g/mol. The van der Waals surface area contributed by atoms with Gasteiger partial charge in [0.25, 0.3) is 0 Å². The van der Waals surface area contributed by atoms with Crippen LogP contribution >= 0.6 is 7.77 Å². The molecule has 72 valence electrons. The third-order valence-electron chi connectivity index (χ3n) is 1.03. The third kappa shape index (κ3) is 4.64. The Morgan fingerprint density at radius 2 is 2.23 bits per heavy atom. The number of carbonyl (C=O) groups is 1. The molecule has 4 nitrogen and oxygen atoms in total. The zero-order valence-electron chi connectivity index (χ0n) is 7.57. The molecule has 0 radical (unpaired) electrons. The molecule has 0 saturated carbocycles. The lowest BCUT2D eigenvalue weighted by atomic mass is 10.7. The number of hydrogen-bond acceptors (Lipinski definition) is 4. The summed E-state index contributed by atoms with van der Waals surface area (Å²) in [5.74, 6) is 1.38. The topological polar surface area (TPSA) is 58.6 Å². The van der Waals surface area contributed by atoms with Crippen molar-refractivity contribution in [1.82, 2.24) is 0 Å². The van der Waals surface area contributed by atoms with Crippen molar-refractivity contribution in [1.29, 1.82) is 0 Å². The maximum absolute atomic E-state index is 11.1. The van der Waals surface area contributed by atoms with Crippen LogP contribution in [0.15, 0.2) is 0 Å². The summed E-state index contributed by atoms with van der Waals surface area (Å²) in [5, 5.41) is 0. The third-order valence-corrected chi connectivity index (χ3v) is 1.91. The average Bonchev–Trinajstić information content (AvgIpc) is 2.09. The molecule has 0 heterocycles. The van der Waals surface area contributed by atoms with Crippen molar-refractivity contribution >= 4 is 19.2 Å². The fraction of sp³-hybridized carbons (Fsp3) is 0.500. The van der Waals surface area contributed by atoms with E-state index in [2.05, 4.69) is 10.7 Å². The van der Waals surface area contributed by atoms with Crippen molar-refractivity contribution < 1.29 is 19.2 Å². The molecule has 1 unspecified atom stereocenters. The molecule has 0 aliphatic carbocycles. The number of carbonyl (C=O) groups excluding carboxylic acids is 1. The summed E-state index contributed by atoms with van der Waals surface area (Å²) in [6, 6.07) is 0. The van der Waals surface area contributed by atoms with Crippen LogP contribution in [0.4, 0.5) is 0 Å². The highest BCUT2D eigenvalue weighted by atomic mass is 31.1. The molecule has 0 fully saturated rings. The SMILES string of the molecule is C#CCOC(=O)/C(OCC)=[P+](/C)[O-]. The highest BCUT2D eigenvalue weighted by Gasteiger charge is 2.19. The number of terminal acetylenes is 1. The van der Waals surface area contributed by atoms with E-state index in [4.69, 9.17) is 11.2 Å². The van der Waals surface area contributed by atoms with Crippen LogP contribution < -0.4 is 4.89 Å². The molecular formula is C8H11O4P. The Kier molecular flexibility index (Phi) is 6.17. The molecule has 0 aromatic carbocycles. The van der Waals surface area contributed by atoms with Gasteiger partial charge in [-0.2, -0.15) is 0 Å². The molecule has 0 aliphatic rings. The zero-order chi connectivity index (χ0) is 10.3. The number of hydrogen-bond donors (Lipinski definition) is 0. The molecule has 0 saturated heterocycles. The molecule has 0 spiro atoms. The lowest BCUT2D eigenvalue weighted by molar-refractivity contribution is -0.152. The summed E-state index contributed by atoms with van der Waals surface area (Å²) in [5.41, 5.74) is -0.159. The van der Waals surface area contributed by atoms with E-state index in [1.807, 2.05) is 0 Å². The molecule has 0 rings (SSSR count). The largest absolute Gasteiger partial charge is 0.628 e. The van der Waals surface area contributed by atoms with E-state index in [-0.39, 0.29) is 18.7 Å². The van der Waals surface area contributed by atoms with Gasteiger partial charge in [0, 0.05) is 0 Å². The summed E-state index contributed by atoms with van der Waals surface area (Å²) in [7, 11) is -1.82. The van der Waals surface area contributed by atoms with Crippen LogP contribution in [0.2, 0.25) is 0 Å². The first-order chi connectivity index (χ1) is 6.13. The van der Waals surface area contributed by atoms with Crippen LogP contribution in [-0.4, -0.2) is 31.3 Å². The Labute approximate surface area is 78.3 Å². The molecule has 0 aromatic heterocycles. The fourth-order valence-electron chi connectivity index (χ4n) is 0.584. The van der Waals surface area contributed by atoms with Gasteiger partial charge >= 0.3 is 11.4 Å². The quantitative estimate of drug-likeness (QED) is 0.357. The molecule has 1 atom stereocenters. The summed E-state index contributed by atoms with van der Waals surface area (Å²) in [4.78, 5) is 22.0. The highest BCUT2D eigenvalue weighted by Crippen LogP contribution is 2.08. The minimum Gasteiger partial charge on any atom is -0.628 e. The summed E-state index contributed by atoms with van der Waals surface area (Å²) in [6.07, 6.45) is 4.88. The maximum Gasteiger partial charge on any atom is 0.407 e. The first kappa shape index (κ1) is 12.1. The highest BCUT2D eigenvalue weighted by molar-refractivity contribution is 7.52. The molecule has 0 amide bonds. The van der Waals surface area contributed by atoms with Crippen molar-refractivity contribution in [3.05, 3.63) is 0 Å². The van der Waals surface area contributed by atoms with Gasteiger partial charge < -0.3 is 14.4 Å². The Morgan fingerprint density at radius 3 is 2.62 bits per heavy atom. The lowest BCUT2D eigenvalue weighted by Crippen LogP contribution is -2.22. The summed E-state index contributed by atoms with van der Waals surface area (Å²) in [6.45, 7) is 3.19. The van der Waals surface area contributed by atoms with Crippen LogP contribution in [0.3, 0.4) is 0 Å². The first-order valence-corrected chi connectivity index (χ1v) is 5.35. The molecule has 5 heteroatoms. The summed E-state index contributed by atoms with van der Waals surface area (Å²) < 4.78 is 9.40. The molecule has 0 N–H and O–H groups in total. The molecular weight excluding hydrogens is 191 g/mol. The Balaban J connectivity index is 4.33. The van der Waals surface area contributed by atoms with E-state index in [0.717, 1.165) is 0 Å². The Hall–Kier alpha value is -0.880. The fourth-order valence-corrected chi connectivity index (χ4v) is 1.22. The predicted molar refractivity (Wildman–Crippen MR) is 49.3 cm³/mol. The number of esters is 1. The molecule has 0 bridgehead atoms. The van der Waals surface area contributed by atoms with Crippen LogP contribution in [0.5, 0.6) is 0 Å². The first-order valence-electron chi connectivity index (χ1n) is 3.64. The van der Waals surface area contributed by atoms with E-state index in [0.29, 0.717) is 0 Å². The smallest absolute Gasteiger partial charge is 0.407 e. The second-order valence-electron chi connectivity index (χ2n) is 2.02. The van der Waals surface area contributed by atoms with E-state index >= 15 is 0 Å². The van der Waals surface area contributed by atoms with E-state index < -0.39 is 13.7 Å². The van der Waals surface area contributed by atoms with Crippen molar-refractivity contribution in [2.75, 3.05) is 19.9 Å². The predicted octanol–water partition coefficient (Wildman–Crippen LogP) is -0.284. The van der Waals surface area contributed by atoms with Crippen molar-refractivity contribution in [2.45, 2.75) is 6.92 Å². The van der Waals surface area contributed by atoms with E-state index in [9.17, 15) is 9.69 Å². The lowest BCUT2D eigenvalue weighted by Gasteiger charge is -2.02. The van der Waals surface area contributed by atoms with E-state index in [1.165, 1.54) is 6.66 Å².